The topological polar surface area (TPSA) is 12.0 Å². The molecule has 0 spiro atoms. The van der Waals surface area contributed by atoms with Gasteiger partial charge in [0.15, 0.2) is 0 Å². The zero-order valence-electron chi connectivity index (χ0n) is 8.47. The maximum Gasteiger partial charge on any atom is 0.0223 e. The summed E-state index contributed by atoms with van der Waals surface area (Å²) in [5.41, 5.74) is 1.45. The zero-order valence-corrected chi connectivity index (χ0v) is 10.0. The molecule has 1 aromatic heterocycles. The van der Waals surface area contributed by atoms with Crippen LogP contribution in [0.3, 0.4) is 0 Å². The molecular weight excluding hydrogens is 214 g/mol. The molecule has 0 amide bonds. The molecule has 1 nitrogen and oxygen atoms in total. The lowest BCUT2D eigenvalue weighted by molar-refractivity contribution is 0.618. The van der Waals surface area contributed by atoms with E-state index in [0.717, 1.165) is 31.8 Å². The van der Waals surface area contributed by atoms with Crippen LogP contribution in [0.15, 0.2) is 16.8 Å². The smallest absolute Gasteiger partial charge is 0.0223 e. The third-order valence-corrected chi connectivity index (χ3v) is 3.16. The first kappa shape index (κ1) is 12.0. The standard InChI is InChI=1S/C11H18ClNS/c12-6-2-1-3-7-13-8-4-11-5-9-14-10-11/h5,9-10,13H,1-4,6-8H2. The maximum atomic E-state index is 5.59. The first-order chi connectivity index (χ1) is 6.93. The van der Waals surface area contributed by atoms with Crippen LogP contribution in [0.2, 0.25) is 0 Å². The van der Waals surface area contributed by atoms with Gasteiger partial charge in [-0.05, 0) is 54.7 Å². The van der Waals surface area contributed by atoms with Crippen LogP contribution in [-0.2, 0) is 6.42 Å². The Labute approximate surface area is 95.5 Å². The van der Waals surface area contributed by atoms with Crippen LogP contribution in [0.25, 0.3) is 0 Å². The van der Waals surface area contributed by atoms with Gasteiger partial charge in [0.1, 0.15) is 0 Å². The highest BCUT2D eigenvalue weighted by molar-refractivity contribution is 7.07. The summed E-state index contributed by atoms with van der Waals surface area (Å²) in [5, 5.41) is 7.80. The Hall–Kier alpha value is -0.0500. The monoisotopic (exact) mass is 231 g/mol. The molecule has 1 aromatic rings. The van der Waals surface area contributed by atoms with E-state index in [2.05, 4.69) is 22.1 Å². The summed E-state index contributed by atoms with van der Waals surface area (Å²) in [6.45, 7) is 2.22. The summed E-state index contributed by atoms with van der Waals surface area (Å²) in [5.74, 6) is 0.800. The van der Waals surface area contributed by atoms with Crippen molar-refractivity contribution in [3.05, 3.63) is 22.4 Å². The number of hydrogen-bond acceptors (Lipinski definition) is 2. The number of halogens is 1. The Morgan fingerprint density at radius 2 is 2.14 bits per heavy atom. The van der Waals surface area contributed by atoms with Crippen LogP contribution >= 0.6 is 22.9 Å². The van der Waals surface area contributed by atoms with Gasteiger partial charge in [-0.15, -0.1) is 11.6 Å². The summed E-state index contributed by atoms with van der Waals surface area (Å²) >= 11 is 7.36. The fraction of sp³-hybridized carbons (Fsp3) is 0.636. The normalized spacial score (nSPS) is 10.6. The van der Waals surface area contributed by atoms with Gasteiger partial charge in [-0.1, -0.05) is 6.42 Å². The molecule has 0 atom stereocenters. The fourth-order valence-electron chi connectivity index (χ4n) is 1.31. The second kappa shape index (κ2) is 8.27. The molecular formula is C11H18ClNS. The molecule has 80 valence electrons. The molecule has 14 heavy (non-hydrogen) atoms. The minimum Gasteiger partial charge on any atom is -0.316 e. The third kappa shape index (κ3) is 5.63. The molecule has 1 N–H and O–H groups in total. The van der Waals surface area contributed by atoms with Gasteiger partial charge >= 0.3 is 0 Å². The molecule has 3 heteroatoms. The van der Waals surface area contributed by atoms with Crippen LogP contribution in [0.4, 0.5) is 0 Å². The van der Waals surface area contributed by atoms with Crippen LogP contribution < -0.4 is 5.32 Å². The summed E-state index contributed by atoms with van der Waals surface area (Å²) in [7, 11) is 0. The van der Waals surface area contributed by atoms with Crippen molar-refractivity contribution in [2.45, 2.75) is 25.7 Å². The second-order valence-electron chi connectivity index (χ2n) is 3.38. The molecule has 1 rings (SSSR count). The highest BCUT2D eigenvalue weighted by atomic mass is 35.5. The van der Waals surface area contributed by atoms with Gasteiger partial charge in [0.2, 0.25) is 0 Å². The number of unbranched alkanes of at least 4 members (excludes halogenated alkanes) is 2. The molecule has 0 radical (unpaired) electrons. The average molecular weight is 232 g/mol. The van der Waals surface area contributed by atoms with Crippen molar-refractivity contribution >= 4 is 22.9 Å². The summed E-state index contributed by atoms with van der Waals surface area (Å²) < 4.78 is 0. The SMILES string of the molecule is ClCCCCCNCCc1ccsc1. The molecule has 0 unspecified atom stereocenters. The van der Waals surface area contributed by atoms with Crippen molar-refractivity contribution in [2.75, 3.05) is 19.0 Å². The number of nitrogens with one attached hydrogen (secondary N) is 1. The van der Waals surface area contributed by atoms with Gasteiger partial charge in [0.05, 0.1) is 0 Å². The Kier molecular flexibility index (Phi) is 7.10. The van der Waals surface area contributed by atoms with Gasteiger partial charge in [-0.3, -0.25) is 0 Å². The van der Waals surface area contributed by atoms with E-state index in [0.29, 0.717) is 0 Å². The minimum atomic E-state index is 0.800. The Morgan fingerprint density at radius 1 is 1.21 bits per heavy atom. The molecule has 0 aliphatic rings. The van der Waals surface area contributed by atoms with Gasteiger partial charge in [0.25, 0.3) is 0 Å². The van der Waals surface area contributed by atoms with Crippen LogP contribution in [0, 0.1) is 0 Å². The molecule has 0 bridgehead atoms. The predicted molar refractivity (Wildman–Crippen MR) is 65.5 cm³/mol. The number of hydrogen-bond donors (Lipinski definition) is 1. The Morgan fingerprint density at radius 3 is 2.86 bits per heavy atom. The van der Waals surface area contributed by atoms with Crippen molar-refractivity contribution in [1.29, 1.82) is 0 Å². The van der Waals surface area contributed by atoms with Crippen LogP contribution in [0.5, 0.6) is 0 Å². The number of rotatable bonds is 8. The molecule has 0 fully saturated rings. The predicted octanol–water partition coefficient (Wildman–Crippen LogP) is 3.29. The largest absolute Gasteiger partial charge is 0.316 e. The van der Waals surface area contributed by atoms with Gasteiger partial charge in [-0.2, -0.15) is 11.3 Å². The Bertz CT molecular complexity index is 211. The van der Waals surface area contributed by atoms with Crippen LogP contribution in [0.1, 0.15) is 24.8 Å². The first-order valence-corrected chi connectivity index (χ1v) is 6.69. The van der Waals surface area contributed by atoms with E-state index in [4.69, 9.17) is 11.6 Å². The number of thiophene rings is 1. The van der Waals surface area contributed by atoms with Gasteiger partial charge in [-0.25, -0.2) is 0 Å². The zero-order chi connectivity index (χ0) is 10.1. The van der Waals surface area contributed by atoms with E-state index in [9.17, 15) is 0 Å². The summed E-state index contributed by atoms with van der Waals surface area (Å²) in [4.78, 5) is 0. The van der Waals surface area contributed by atoms with Crippen molar-refractivity contribution < 1.29 is 0 Å². The molecule has 0 aromatic carbocycles. The van der Waals surface area contributed by atoms with E-state index in [1.807, 2.05) is 0 Å². The van der Waals surface area contributed by atoms with Gasteiger partial charge < -0.3 is 5.32 Å². The lowest BCUT2D eigenvalue weighted by Gasteiger charge is -2.02. The average Bonchev–Trinajstić information content (AvgIpc) is 2.69. The lowest BCUT2D eigenvalue weighted by atomic mass is 10.2. The van der Waals surface area contributed by atoms with E-state index < -0.39 is 0 Å². The summed E-state index contributed by atoms with van der Waals surface area (Å²) in [6, 6.07) is 2.19. The van der Waals surface area contributed by atoms with E-state index >= 15 is 0 Å². The quantitative estimate of drug-likeness (QED) is 0.535. The van der Waals surface area contributed by atoms with Crippen LogP contribution in [-0.4, -0.2) is 19.0 Å². The molecule has 0 saturated heterocycles. The Balaban J connectivity index is 1.85. The van der Waals surface area contributed by atoms with Crippen molar-refractivity contribution in [3.63, 3.8) is 0 Å². The highest BCUT2D eigenvalue weighted by Gasteiger charge is 1.92. The minimum absolute atomic E-state index is 0.800. The second-order valence-corrected chi connectivity index (χ2v) is 4.54. The van der Waals surface area contributed by atoms with Gasteiger partial charge in [0, 0.05) is 5.88 Å². The molecule has 0 saturated carbocycles. The lowest BCUT2D eigenvalue weighted by Crippen LogP contribution is -2.18. The first-order valence-electron chi connectivity index (χ1n) is 5.21. The van der Waals surface area contributed by atoms with Crippen molar-refractivity contribution in [3.8, 4) is 0 Å². The fourth-order valence-corrected chi connectivity index (χ4v) is 2.21. The van der Waals surface area contributed by atoms with Crippen molar-refractivity contribution in [1.82, 2.24) is 5.32 Å². The third-order valence-electron chi connectivity index (χ3n) is 2.16. The van der Waals surface area contributed by atoms with E-state index in [1.54, 1.807) is 11.3 Å². The highest BCUT2D eigenvalue weighted by Crippen LogP contribution is 2.05. The molecule has 0 aliphatic carbocycles. The number of alkyl halides is 1. The van der Waals surface area contributed by atoms with E-state index in [-0.39, 0.29) is 0 Å². The van der Waals surface area contributed by atoms with E-state index in [1.165, 1.54) is 18.4 Å². The molecule has 1 heterocycles. The molecule has 0 aliphatic heterocycles. The maximum absolute atomic E-state index is 5.59. The summed E-state index contributed by atoms with van der Waals surface area (Å²) in [6.07, 6.45) is 4.79. The van der Waals surface area contributed by atoms with Crippen molar-refractivity contribution in [2.24, 2.45) is 0 Å².